The first kappa shape index (κ1) is 17.3. The van der Waals surface area contributed by atoms with E-state index in [4.69, 9.17) is 16.0 Å². The van der Waals surface area contributed by atoms with Gasteiger partial charge in [-0.05, 0) is 43.9 Å². The second-order valence-electron chi connectivity index (χ2n) is 6.35. The average Bonchev–Trinajstić information content (AvgIpc) is 2.96. The normalized spacial score (nSPS) is 17.9. The minimum atomic E-state index is -4.39. The summed E-state index contributed by atoms with van der Waals surface area (Å²) in [5.74, 6) is 1.58. The first-order chi connectivity index (χ1) is 11.4. The number of nitrogens with zero attached hydrogens (tertiary/aromatic N) is 1. The lowest BCUT2D eigenvalue weighted by Gasteiger charge is -2.25. The van der Waals surface area contributed by atoms with Gasteiger partial charge in [-0.1, -0.05) is 19.3 Å². The number of hydrogen-bond donors (Lipinski definition) is 0. The molecule has 1 fully saturated rings. The summed E-state index contributed by atoms with van der Waals surface area (Å²) in [6.07, 6.45) is 2.28. The van der Waals surface area contributed by atoms with Gasteiger partial charge in [0.05, 0.1) is 10.9 Å². The number of pyridine rings is 1. The van der Waals surface area contributed by atoms with Crippen molar-refractivity contribution < 1.29 is 17.6 Å². The lowest BCUT2D eigenvalue weighted by atomic mass is 9.84. The van der Waals surface area contributed by atoms with Crippen molar-refractivity contribution in [2.24, 2.45) is 5.92 Å². The molecule has 2 aromatic rings. The molecule has 0 aliphatic heterocycles. The second kappa shape index (κ2) is 6.79. The van der Waals surface area contributed by atoms with E-state index in [1.165, 1.54) is 25.3 Å². The Hall–Kier alpha value is -1.49. The molecular weight excluding hydrogens is 339 g/mol. The van der Waals surface area contributed by atoms with E-state index in [1.807, 2.05) is 13.0 Å². The minimum Gasteiger partial charge on any atom is -0.459 e. The van der Waals surface area contributed by atoms with Crippen molar-refractivity contribution in [3.63, 3.8) is 0 Å². The maximum absolute atomic E-state index is 12.6. The molecule has 0 amide bonds. The number of rotatable bonds is 3. The minimum absolute atomic E-state index is 0.128. The standard InChI is InChI=1S/C18H19ClF3NO/c1-11-14(17(19)12-5-3-2-4-6-12)9-16(24-11)15-8-7-13(10-23-15)18(20,21)22/h7-10,12,17H,2-6H2,1H3. The van der Waals surface area contributed by atoms with Crippen LogP contribution < -0.4 is 0 Å². The monoisotopic (exact) mass is 357 g/mol. The average molecular weight is 358 g/mol. The van der Waals surface area contributed by atoms with E-state index >= 15 is 0 Å². The van der Waals surface area contributed by atoms with Crippen LogP contribution in [0.15, 0.2) is 28.8 Å². The molecule has 0 spiro atoms. The number of aryl methyl sites for hydroxylation is 1. The molecule has 1 aliphatic rings. The Morgan fingerprint density at radius 3 is 2.50 bits per heavy atom. The van der Waals surface area contributed by atoms with Gasteiger partial charge in [0, 0.05) is 11.8 Å². The summed E-state index contributed by atoms with van der Waals surface area (Å²) in [6, 6.07) is 4.16. The van der Waals surface area contributed by atoms with Gasteiger partial charge in [0.1, 0.15) is 11.5 Å². The van der Waals surface area contributed by atoms with Crippen molar-refractivity contribution in [3.05, 3.63) is 41.3 Å². The number of furan rings is 1. The third kappa shape index (κ3) is 3.61. The van der Waals surface area contributed by atoms with Gasteiger partial charge in [-0.15, -0.1) is 11.6 Å². The molecule has 0 saturated heterocycles. The van der Waals surface area contributed by atoms with Crippen LogP contribution in [0.3, 0.4) is 0 Å². The molecular formula is C18H19ClF3NO. The van der Waals surface area contributed by atoms with Crippen LogP contribution in [0.2, 0.25) is 0 Å². The van der Waals surface area contributed by atoms with Crippen LogP contribution in [-0.4, -0.2) is 4.98 Å². The zero-order chi connectivity index (χ0) is 17.3. The Morgan fingerprint density at radius 1 is 1.21 bits per heavy atom. The highest BCUT2D eigenvalue weighted by Crippen LogP contribution is 2.42. The molecule has 1 atom stereocenters. The van der Waals surface area contributed by atoms with Gasteiger partial charge in [0.2, 0.25) is 0 Å². The molecule has 6 heteroatoms. The van der Waals surface area contributed by atoms with Gasteiger partial charge in [0.15, 0.2) is 5.76 Å². The van der Waals surface area contributed by atoms with Crippen LogP contribution in [0, 0.1) is 12.8 Å². The zero-order valence-electron chi connectivity index (χ0n) is 13.4. The number of halogens is 4. The third-order valence-corrected chi connectivity index (χ3v) is 5.25. The Labute approximate surface area is 144 Å². The van der Waals surface area contributed by atoms with Crippen molar-refractivity contribution in [2.75, 3.05) is 0 Å². The molecule has 24 heavy (non-hydrogen) atoms. The molecule has 0 aromatic carbocycles. The van der Waals surface area contributed by atoms with Crippen LogP contribution in [0.1, 0.15) is 54.4 Å². The van der Waals surface area contributed by atoms with Crippen molar-refractivity contribution in [1.29, 1.82) is 0 Å². The van der Waals surface area contributed by atoms with Gasteiger partial charge >= 0.3 is 6.18 Å². The summed E-state index contributed by atoms with van der Waals surface area (Å²) in [4.78, 5) is 3.88. The number of aromatic nitrogens is 1. The Kier molecular flexibility index (Phi) is 4.90. The molecule has 1 saturated carbocycles. The van der Waals surface area contributed by atoms with Gasteiger partial charge in [-0.3, -0.25) is 4.98 Å². The summed E-state index contributed by atoms with van der Waals surface area (Å²) in [7, 11) is 0. The van der Waals surface area contributed by atoms with Gasteiger partial charge in [0.25, 0.3) is 0 Å². The SMILES string of the molecule is Cc1oc(-c2ccc(C(F)(F)F)cn2)cc1C(Cl)C1CCCCC1. The third-order valence-electron chi connectivity index (χ3n) is 4.66. The summed E-state index contributed by atoms with van der Waals surface area (Å²) in [5.41, 5.74) is 0.525. The Bertz CT molecular complexity index is 687. The molecule has 1 unspecified atom stereocenters. The van der Waals surface area contributed by atoms with E-state index < -0.39 is 11.7 Å². The topological polar surface area (TPSA) is 26.0 Å². The summed E-state index contributed by atoms with van der Waals surface area (Å²) in [5, 5.41) is -0.128. The maximum Gasteiger partial charge on any atom is 0.417 e. The predicted octanol–water partition coefficient (Wildman–Crippen LogP) is 6.53. The van der Waals surface area contributed by atoms with E-state index in [1.54, 1.807) is 0 Å². The van der Waals surface area contributed by atoms with Crippen LogP contribution in [-0.2, 0) is 6.18 Å². The predicted molar refractivity (Wildman–Crippen MR) is 86.8 cm³/mol. The molecule has 2 heterocycles. The lowest BCUT2D eigenvalue weighted by molar-refractivity contribution is -0.137. The van der Waals surface area contributed by atoms with Crippen molar-refractivity contribution in [2.45, 2.75) is 50.6 Å². The fraction of sp³-hybridized carbons (Fsp3) is 0.500. The summed E-state index contributed by atoms with van der Waals surface area (Å²) >= 11 is 6.65. The highest BCUT2D eigenvalue weighted by Gasteiger charge is 2.31. The molecule has 2 aromatic heterocycles. The molecule has 0 N–H and O–H groups in total. The fourth-order valence-electron chi connectivity index (χ4n) is 3.28. The smallest absolute Gasteiger partial charge is 0.417 e. The van der Waals surface area contributed by atoms with E-state index in [2.05, 4.69) is 4.98 Å². The zero-order valence-corrected chi connectivity index (χ0v) is 14.1. The first-order valence-electron chi connectivity index (χ1n) is 8.14. The maximum atomic E-state index is 12.6. The lowest BCUT2D eigenvalue weighted by Crippen LogP contribution is -2.12. The van der Waals surface area contributed by atoms with Crippen molar-refractivity contribution >= 4 is 11.6 Å². The summed E-state index contributed by atoms with van der Waals surface area (Å²) in [6.45, 7) is 1.83. The number of hydrogen-bond acceptors (Lipinski definition) is 2. The molecule has 2 nitrogen and oxygen atoms in total. The fourth-order valence-corrected chi connectivity index (χ4v) is 3.75. The van der Waals surface area contributed by atoms with E-state index in [9.17, 15) is 13.2 Å². The van der Waals surface area contributed by atoms with Gasteiger partial charge in [-0.2, -0.15) is 13.2 Å². The quantitative estimate of drug-likeness (QED) is 0.584. The Balaban J connectivity index is 1.83. The van der Waals surface area contributed by atoms with Crippen molar-refractivity contribution in [1.82, 2.24) is 4.98 Å². The molecule has 1 aliphatic carbocycles. The highest BCUT2D eigenvalue weighted by atomic mass is 35.5. The van der Waals surface area contributed by atoms with Gasteiger partial charge in [-0.25, -0.2) is 0 Å². The molecule has 0 radical (unpaired) electrons. The van der Waals surface area contributed by atoms with Crippen LogP contribution in [0.25, 0.3) is 11.5 Å². The summed E-state index contributed by atoms with van der Waals surface area (Å²) < 4.78 is 43.6. The molecule has 0 bridgehead atoms. The van der Waals surface area contributed by atoms with E-state index in [0.717, 1.165) is 30.7 Å². The van der Waals surface area contributed by atoms with Crippen molar-refractivity contribution in [3.8, 4) is 11.5 Å². The molecule has 3 rings (SSSR count). The van der Waals surface area contributed by atoms with E-state index in [0.29, 0.717) is 23.1 Å². The van der Waals surface area contributed by atoms with Crippen LogP contribution in [0.5, 0.6) is 0 Å². The van der Waals surface area contributed by atoms with Gasteiger partial charge < -0.3 is 4.42 Å². The van der Waals surface area contributed by atoms with E-state index in [-0.39, 0.29) is 5.38 Å². The number of alkyl halides is 4. The highest BCUT2D eigenvalue weighted by molar-refractivity contribution is 6.21. The second-order valence-corrected chi connectivity index (χ2v) is 6.82. The van der Waals surface area contributed by atoms with Crippen LogP contribution >= 0.6 is 11.6 Å². The Morgan fingerprint density at radius 2 is 1.92 bits per heavy atom. The molecule has 130 valence electrons. The van der Waals surface area contributed by atoms with Crippen LogP contribution in [0.4, 0.5) is 13.2 Å². The largest absolute Gasteiger partial charge is 0.459 e. The first-order valence-corrected chi connectivity index (χ1v) is 8.58.